The minimum atomic E-state index is -1.19. The van der Waals surface area contributed by atoms with Crippen molar-refractivity contribution in [3.05, 3.63) is 11.6 Å². The average molecular weight is 198 g/mol. The Kier molecular flexibility index (Phi) is 2.80. The number of carboxylic acids is 1. The zero-order valence-electron chi connectivity index (χ0n) is 7.81. The standard InChI is InChI=1S/C7H10N4O3/c1-4(12)8-3-5-9-6(7(13)14)10-11(5)2/h3H2,1-2H3,(H,8,12)(H,13,14). The fraction of sp³-hybridized carbons (Fsp3) is 0.429. The molecule has 0 atom stereocenters. The summed E-state index contributed by atoms with van der Waals surface area (Å²) in [6.07, 6.45) is 0. The van der Waals surface area contributed by atoms with Crippen molar-refractivity contribution in [2.75, 3.05) is 0 Å². The molecule has 1 aromatic rings. The van der Waals surface area contributed by atoms with Crippen LogP contribution in [0.15, 0.2) is 0 Å². The molecule has 0 fully saturated rings. The molecule has 1 aromatic heterocycles. The fourth-order valence-electron chi connectivity index (χ4n) is 0.865. The minimum Gasteiger partial charge on any atom is -0.475 e. The van der Waals surface area contributed by atoms with Crippen molar-refractivity contribution < 1.29 is 14.7 Å². The number of aryl methyl sites for hydroxylation is 1. The zero-order valence-corrected chi connectivity index (χ0v) is 7.81. The van der Waals surface area contributed by atoms with Crippen LogP contribution in [-0.2, 0) is 18.4 Å². The molecule has 0 aliphatic rings. The zero-order chi connectivity index (χ0) is 10.7. The van der Waals surface area contributed by atoms with Crippen LogP contribution in [0, 0.1) is 0 Å². The Morgan fingerprint density at radius 2 is 2.21 bits per heavy atom. The number of carboxylic acid groups (broad SMARTS) is 1. The van der Waals surface area contributed by atoms with Crippen molar-refractivity contribution in [1.82, 2.24) is 20.1 Å². The average Bonchev–Trinajstić information content (AvgIpc) is 2.43. The molecule has 76 valence electrons. The van der Waals surface area contributed by atoms with E-state index in [-0.39, 0.29) is 18.3 Å². The summed E-state index contributed by atoms with van der Waals surface area (Å²) < 4.78 is 1.32. The van der Waals surface area contributed by atoms with Gasteiger partial charge >= 0.3 is 5.97 Å². The summed E-state index contributed by atoms with van der Waals surface area (Å²) in [6, 6.07) is 0. The number of amides is 1. The summed E-state index contributed by atoms with van der Waals surface area (Å²) in [5.74, 6) is -1.26. The predicted octanol–water partition coefficient (Wildman–Crippen LogP) is -0.851. The first-order valence-electron chi connectivity index (χ1n) is 3.88. The van der Waals surface area contributed by atoms with Crippen LogP contribution >= 0.6 is 0 Å². The highest BCUT2D eigenvalue weighted by Crippen LogP contribution is 1.96. The van der Waals surface area contributed by atoms with E-state index in [0.717, 1.165) is 0 Å². The molecule has 14 heavy (non-hydrogen) atoms. The van der Waals surface area contributed by atoms with E-state index >= 15 is 0 Å². The van der Waals surface area contributed by atoms with Crippen molar-refractivity contribution >= 4 is 11.9 Å². The van der Waals surface area contributed by atoms with Crippen LogP contribution in [0.2, 0.25) is 0 Å². The Morgan fingerprint density at radius 3 is 2.64 bits per heavy atom. The highest BCUT2D eigenvalue weighted by atomic mass is 16.4. The second-order valence-electron chi connectivity index (χ2n) is 2.69. The Morgan fingerprint density at radius 1 is 1.57 bits per heavy atom. The van der Waals surface area contributed by atoms with Crippen molar-refractivity contribution in [2.45, 2.75) is 13.5 Å². The summed E-state index contributed by atoms with van der Waals surface area (Å²) in [4.78, 5) is 24.8. The lowest BCUT2D eigenvalue weighted by Gasteiger charge is -1.99. The van der Waals surface area contributed by atoms with Crippen LogP contribution in [-0.4, -0.2) is 31.7 Å². The van der Waals surface area contributed by atoms with Crippen molar-refractivity contribution in [2.24, 2.45) is 7.05 Å². The summed E-state index contributed by atoms with van der Waals surface area (Å²) in [6.45, 7) is 1.54. The Hall–Kier alpha value is -1.92. The Balaban J connectivity index is 2.77. The smallest absolute Gasteiger partial charge is 0.375 e. The molecule has 0 unspecified atom stereocenters. The number of aromatic nitrogens is 3. The quantitative estimate of drug-likeness (QED) is 0.659. The summed E-state index contributed by atoms with van der Waals surface area (Å²) in [7, 11) is 1.57. The van der Waals surface area contributed by atoms with Gasteiger partial charge in [-0.1, -0.05) is 0 Å². The maximum atomic E-state index is 10.6. The van der Waals surface area contributed by atoms with Gasteiger partial charge in [0.2, 0.25) is 5.91 Å². The molecule has 7 nitrogen and oxygen atoms in total. The van der Waals surface area contributed by atoms with Gasteiger partial charge in [0.05, 0.1) is 6.54 Å². The van der Waals surface area contributed by atoms with Crippen LogP contribution in [0.4, 0.5) is 0 Å². The Bertz CT molecular complexity index is 371. The van der Waals surface area contributed by atoms with Crippen molar-refractivity contribution in [3.63, 3.8) is 0 Å². The van der Waals surface area contributed by atoms with E-state index < -0.39 is 5.97 Å². The molecule has 1 heterocycles. The maximum absolute atomic E-state index is 10.6. The largest absolute Gasteiger partial charge is 0.475 e. The topological polar surface area (TPSA) is 97.1 Å². The number of nitrogens with one attached hydrogen (secondary N) is 1. The molecule has 0 spiro atoms. The molecular formula is C7H10N4O3. The number of aromatic carboxylic acids is 1. The summed E-state index contributed by atoms with van der Waals surface area (Å²) >= 11 is 0. The van der Waals surface area contributed by atoms with Crippen molar-refractivity contribution in [1.29, 1.82) is 0 Å². The van der Waals surface area contributed by atoms with E-state index in [2.05, 4.69) is 15.4 Å². The lowest BCUT2D eigenvalue weighted by atomic mass is 10.5. The van der Waals surface area contributed by atoms with Crippen LogP contribution in [0.1, 0.15) is 23.4 Å². The number of hydrogen-bond acceptors (Lipinski definition) is 4. The van der Waals surface area contributed by atoms with Gasteiger partial charge in [0.15, 0.2) is 0 Å². The second kappa shape index (κ2) is 3.86. The van der Waals surface area contributed by atoms with Gasteiger partial charge in [-0.3, -0.25) is 9.48 Å². The van der Waals surface area contributed by atoms with Gasteiger partial charge in [0.25, 0.3) is 5.82 Å². The molecule has 2 N–H and O–H groups in total. The van der Waals surface area contributed by atoms with Crippen LogP contribution in [0.3, 0.4) is 0 Å². The first kappa shape index (κ1) is 10.2. The molecule has 1 amide bonds. The normalized spacial score (nSPS) is 9.86. The molecule has 0 aromatic carbocycles. The number of rotatable bonds is 3. The van der Waals surface area contributed by atoms with Gasteiger partial charge in [-0.15, -0.1) is 5.10 Å². The molecule has 0 radical (unpaired) electrons. The molecule has 0 bridgehead atoms. The van der Waals surface area contributed by atoms with Crippen LogP contribution in [0.25, 0.3) is 0 Å². The first-order valence-corrected chi connectivity index (χ1v) is 3.88. The van der Waals surface area contributed by atoms with E-state index in [0.29, 0.717) is 5.82 Å². The number of nitrogens with zero attached hydrogens (tertiary/aromatic N) is 3. The van der Waals surface area contributed by atoms with Gasteiger partial charge in [-0.2, -0.15) is 0 Å². The highest BCUT2D eigenvalue weighted by Gasteiger charge is 2.12. The van der Waals surface area contributed by atoms with Gasteiger partial charge in [0.1, 0.15) is 5.82 Å². The van der Waals surface area contributed by atoms with Gasteiger partial charge < -0.3 is 10.4 Å². The van der Waals surface area contributed by atoms with Gasteiger partial charge in [-0.25, -0.2) is 9.78 Å². The predicted molar refractivity (Wildman–Crippen MR) is 45.5 cm³/mol. The third kappa shape index (κ3) is 2.28. The van der Waals surface area contributed by atoms with Crippen molar-refractivity contribution in [3.8, 4) is 0 Å². The summed E-state index contributed by atoms with van der Waals surface area (Å²) in [5.41, 5.74) is 0. The maximum Gasteiger partial charge on any atom is 0.375 e. The van der Waals surface area contributed by atoms with E-state index in [1.165, 1.54) is 11.6 Å². The monoisotopic (exact) mass is 198 g/mol. The molecule has 0 saturated heterocycles. The molecule has 1 rings (SSSR count). The molecule has 7 heteroatoms. The van der Waals surface area contributed by atoms with Gasteiger partial charge in [0, 0.05) is 14.0 Å². The van der Waals surface area contributed by atoms with E-state index in [1.807, 2.05) is 0 Å². The van der Waals surface area contributed by atoms with Gasteiger partial charge in [-0.05, 0) is 0 Å². The van der Waals surface area contributed by atoms with E-state index in [1.54, 1.807) is 7.05 Å². The van der Waals surface area contributed by atoms with E-state index in [9.17, 15) is 9.59 Å². The summed E-state index contributed by atoms with van der Waals surface area (Å²) in [5, 5.41) is 14.7. The van der Waals surface area contributed by atoms with Crippen LogP contribution < -0.4 is 5.32 Å². The lowest BCUT2D eigenvalue weighted by molar-refractivity contribution is -0.119. The second-order valence-corrected chi connectivity index (χ2v) is 2.69. The highest BCUT2D eigenvalue weighted by molar-refractivity contribution is 5.82. The first-order chi connectivity index (χ1) is 6.50. The third-order valence-electron chi connectivity index (χ3n) is 1.54. The third-order valence-corrected chi connectivity index (χ3v) is 1.54. The SMILES string of the molecule is CC(=O)NCc1nc(C(=O)O)nn1C. The Labute approximate surface area is 79.8 Å². The fourth-order valence-corrected chi connectivity index (χ4v) is 0.865. The van der Waals surface area contributed by atoms with Crippen LogP contribution in [0.5, 0.6) is 0 Å². The minimum absolute atomic E-state index is 0.173. The molecule has 0 aliphatic carbocycles. The number of carbonyl (C=O) groups excluding carboxylic acids is 1. The van der Waals surface area contributed by atoms with E-state index in [4.69, 9.17) is 5.11 Å². The molecule has 0 aliphatic heterocycles. The number of hydrogen-bond donors (Lipinski definition) is 2. The molecular weight excluding hydrogens is 188 g/mol. The molecule has 0 saturated carbocycles. The lowest BCUT2D eigenvalue weighted by Crippen LogP contribution is -2.21. The number of carbonyl (C=O) groups is 2.